The van der Waals surface area contributed by atoms with E-state index in [4.69, 9.17) is 9.47 Å². The average molecular weight is 383 g/mol. The van der Waals surface area contributed by atoms with Crippen LogP contribution in [-0.2, 0) is 10.2 Å². The van der Waals surface area contributed by atoms with Gasteiger partial charge in [0.1, 0.15) is 5.70 Å². The fraction of sp³-hybridized carbons (Fsp3) is 0.273. The molecule has 0 aliphatic carbocycles. The summed E-state index contributed by atoms with van der Waals surface area (Å²) >= 11 is 0. The molecule has 0 aromatic heterocycles. The predicted octanol–water partition coefficient (Wildman–Crippen LogP) is 3.86. The van der Waals surface area contributed by atoms with Crippen molar-refractivity contribution in [2.45, 2.75) is 26.2 Å². The van der Waals surface area contributed by atoms with Gasteiger partial charge in [-0.15, -0.1) is 0 Å². The van der Waals surface area contributed by atoms with Crippen molar-refractivity contribution in [1.29, 1.82) is 0 Å². The molecule has 0 bridgehead atoms. The highest BCUT2D eigenvalue weighted by atomic mass is 16.5. The van der Waals surface area contributed by atoms with E-state index in [1.165, 1.54) is 20.3 Å². The minimum atomic E-state index is -1.24. The zero-order valence-electron chi connectivity index (χ0n) is 16.7. The van der Waals surface area contributed by atoms with Gasteiger partial charge in [0.05, 0.1) is 14.2 Å². The van der Waals surface area contributed by atoms with Gasteiger partial charge >= 0.3 is 5.97 Å². The van der Waals surface area contributed by atoms with E-state index in [0.29, 0.717) is 22.6 Å². The van der Waals surface area contributed by atoms with Crippen molar-refractivity contribution in [3.05, 3.63) is 64.9 Å². The third kappa shape index (κ3) is 5.13. The largest absolute Gasteiger partial charge is 0.493 e. The number of ether oxygens (including phenoxy) is 2. The Labute approximate surface area is 164 Å². The normalized spacial score (nSPS) is 11.7. The lowest BCUT2D eigenvalue weighted by atomic mass is 9.87. The Bertz CT molecular complexity index is 892. The maximum Gasteiger partial charge on any atom is 0.352 e. The topological polar surface area (TPSA) is 84.9 Å². The van der Waals surface area contributed by atoms with Crippen molar-refractivity contribution in [1.82, 2.24) is 5.32 Å². The highest BCUT2D eigenvalue weighted by Crippen LogP contribution is 2.28. The maximum atomic E-state index is 12.5. The van der Waals surface area contributed by atoms with E-state index in [0.717, 1.165) is 5.56 Å². The first kappa shape index (κ1) is 21.0. The van der Waals surface area contributed by atoms with Crippen LogP contribution in [0.3, 0.4) is 0 Å². The molecule has 0 saturated heterocycles. The zero-order valence-corrected chi connectivity index (χ0v) is 16.7. The molecule has 1 amide bonds. The van der Waals surface area contributed by atoms with Crippen LogP contribution < -0.4 is 14.8 Å². The van der Waals surface area contributed by atoms with Crippen LogP contribution in [0.15, 0.2) is 48.2 Å². The Hall–Kier alpha value is -3.28. The molecule has 0 radical (unpaired) electrons. The lowest BCUT2D eigenvalue weighted by Crippen LogP contribution is -2.27. The Balaban J connectivity index is 2.26. The molecule has 0 aliphatic heterocycles. The first-order chi connectivity index (χ1) is 13.2. The summed E-state index contributed by atoms with van der Waals surface area (Å²) in [6.45, 7) is 6.24. The number of carbonyl (C=O) groups is 2. The van der Waals surface area contributed by atoms with Gasteiger partial charge in [0.2, 0.25) is 0 Å². The molecule has 148 valence electrons. The molecule has 2 rings (SSSR count). The number of hydrogen-bond donors (Lipinski definition) is 2. The fourth-order valence-electron chi connectivity index (χ4n) is 2.58. The summed E-state index contributed by atoms with van der Waals surface area (Å²) in [5.41, 5.74) is 1.75. The first-order valence-electron chi connectivity index (χ1n) is 8.74. The summed E-state index contributed by atoms with van der Waals surface area (Å²) in [6, 6.07) is 12.1. The van der Waals surface area contributed by atoms with Crippen LogP contribution in [0, 0.1) is 0 Å². The van der Waals surface area contributed by atoms with Crippen molar-refractivity contribution in [2.24, 2.45) is 0 Å². The van der Waals surface area contributed by atoms with Crippen molar-refractivity contribution in [2.75, 3.05) is 14.2 Å². The molecule has 28 heavy (non-hydrogen) atoms. The fourth-order valence-corrected chi connectivity index (χ4v) is 2.58. The molecule has 0 saturated carbocycles. The second-order valence-electron chi connectivity index (χ2n) is 7.26. The summed E-state index contributed by atoms with van der Waals surface area (Å²) in [6.07, 6.45) is 1.37. The highest BCUT2D eigenvalue weighted by Gasteiger charge is 2.17. The minimum Gasteiger partial charge on any atom is -0.493 e. The van der Waals surface area contributed by atoms with Crippen LogP contribution >= 0.6 is 0 Å². The van der Waals surface area contributed by atoms with Gasteiger partial charge in [-0.25, -0.2) is 4.79 Å². The second kappa shape index (κ2) is 8.61. The Morgan fingerprint density at radius 3 is 2.07 bits per heavy atom. The summed E-state index contributed by atoms with van der Waals surface area (Å²) < 4.78 is 10.4. The molecule has 0 heterocycles. The standard InChI is InChI=1S/C22H25NO5/c1-22(2,3)16-9-7-15(8-10-16)20(24)23-17(21(25)26)12-14-6-11-18(27-4)19(13-14)28-5/h6-13H,1-5H3,(H,23,24)(H,25,26)/b17-12+. The molecule has 0 spiro atoms. The van der Waals surface area contributed by atoms with Gasteiger partial charge < -0.3 is 19.9 Å². The summed E-state index contributed by atoms with van der Waals surface area (Å²) in [5.74, 6) is -0.742. The van der Waals surface area contributed by atoms with Crippen LogP contribution in [0.4, 0.5) is 0 Å². The molecule has 2 aromatic carbocycles. The van der Waals surface area contributed by atoms with E-state index in [1.807, 2.05) is 12.1 Å². The third-order valence-corrected chi connectivity index (χ3v) is 4.21. The summed E-state index contributed by atoms with van der Waals surface area (Å²) in [7, 11) is 3.01. The van der Waals surface area contributed by atoms with Gasteiger partial charge in [0.25, 0.3) is 5.91 Å². The highest BCUT2D eigenvalue weighted by molar-refractivity contribution is 6.02. The van der Waals surface area contributed by atoms with Gasteiger partial charge in [0, 0.05) is 5.56 Å². The molecule has 6 nitrogen and oxygen atoms in total. The number of methoxy groups -OCH3 is 2. The summed E-state index contributed by atoms with van der Waals surface area (Å²) in [5, 5.41) is 11.9. The Morgan fingerprint density at radius 1 is 0.964 bits per heavy atom. The number of hydrogen-bond acceptors (Lipinski definition) is 4. The van der Waals surface area contributed by atoms with Crippen LogP contribution in [0.1, 0.15) is 42.3 Å². The monoisotopic (exact) mass is 383 g/mol. The number of nitrogens with one attached hydrogen (secondary N) is 1. The lowest BCUT2D eigenvalue weighted by molar-refractivity contribution is -0.132. The Kier molecular flexibility index (Phi) is 6.46. The van der Waals surface area contributed by atoms with Crippen LogP contribution in [0.25, 0.3) is 6.08 Å². The van der Waals surface area contributed by atoms with E-state index in [1.54, 1.807) is 30.3 Å². The molecule has 6 heteroatoms. The van der Waals surface area contributed by atoms with Gasteiger partial charge in [-0.05, 0) is 46.9 Å². The minimum absolute atomic E-state index is 0.0332. The smallest absolute Gasteiger partial charge is 0.352 e. The number of carboxylic acids is 1. The van der Waals surface area contributed by atoms with Crippen LogP contribution in [-0.4, -0.2) is 31.2 Å². The average Bonchev–Trinajstić information content (AvgIpc) is 2.66. The zero-order chi connectivity index (χ0) is 20.9. The lowest BCUT2D eigenvalue weighted by Gasteiger charge is -2.19. The van der Waals surface area contributed by atoms with Gasteiger partial charge in [-0.1, -0.05) is 39.0 Å². The van der Waals surface area contributed by atoms with Gasteiger partial charge in [-0.2, -0.15) is 0 Å². The maximum absolute atomic E-state index is 12.5. The second-order valence-corrected chi connectivity index (χ2v) is 7.26. The number of amides is 1. The molecular weight excluding hydrogens is 358 g/mol. The van der Waals surface area contributed by atoms with Gasteiger partial charge in [-0.3, -0.25) is 4.79 Å². The van der Waals surface area contributed by atoms with Crippen molar-refractivity contribution >= 4 is 18.0 Å². The van der Waals surface area contributed by atoms with Crippen molar-refractivity contribution in [3.8, 4) is 11.5 Å². The molecular formula is C22H25NO5. The first-order valence-corrected chi connectivity index (χ1v) is 8.74. The van der Waals surface area contributed by atoms with Gasteiger partial charge in [0.15, 0.2) is 11.5 Å². The van der Waals surface area contributed by atoms with E-state index in [9.17, 15) is 14.7 Å². The van der Waals surface area contributed by atoms with Crippen molar-refractivity contribution < 1.29 is 24.2 Å². The molecule has 2 aromatic rings. The number of carboxylic acid groups (broad SMARTS) is 1. The Morgan fingerprint density at radius 2 is 1.57 bits per heavy atom. The van der Waals surface area contributed by atoms with Crippen LogP contribution in [0.2, 0.25) is 0 Å². The number of benzene rings is 2. The van der Waals surface area contributed by atoms with E-state index in [-0.39, 0.29) is 11.1 Å². The molecule has 0 unspecified atom stereocenters. The van der Waals surface area contributed by atoms with Crippen LogP contribution in [0.5, 0.6) is 11.5 Å². The number of rotatable bonds is 6. The summed E-state index contributed by atoms with van der Waals surface area (Å²) in [4.78, 5) is 24.1. The molecule has 0 atom stereocenters. The van der Waals surface area contributed by atoms with E-state index >= 15 is 0 Å². The molecule has 0 aliphatic rings. The number of aliphatic carboxylic acids is 1. The molecule has 0 fully saturated rings. The van der Waals surface area contributed by atoms with Crippen molar-refractivity contribution in [3.63, 3.8) is 0 Å². The quantitative estimate of drug-likeness (QED) is 0.740. The SMILES string of the molecule is COc1ccc(/C=C(/NC(=O)c2ccc(C(C)(C)C)cc2)C(=O)O)cc1OC. The predicted molar refractivity (Wildman–Crippen MR) is 108 cm³/mol. The van der Waals surface area contributed by atoms with E-state index in [2.05, 4.69) is 26.1 Å². The molecule has 2 N–H and O–H groups in total. The van der Waals surface area contributed by atoms with E-state index < -0.39 is 11.9 Å². The number of carbonyl (C=O) groups excluding carboxylic acids is 1. The third-order valence-electron chi connectivity index (χ3n) is 4.21.